The molecule has 0 unspecified atom stereocenters. The maximum Gasteiger partial charge on any atom is 0.223 e. The van der Waals surface area contributed by atoms with Gasteiger partial charge in [0.2, 0.25) is 5.28 Å². The fourth-order valence-corrected chi connectivity index (χ4v) is 2.73. The van der Waals surface area contributed by atoms with E-state index in [-0.39, 0.29) is 5.28 Å². The minimum atomic E-state index is 0.148. The predicted molar refractivity (Wildman–Crippen MR) is 76.3 cm³/mol. The number of benzene rings is 1. The van der Waals surface area contributed by atoms with Crippen molar-refractivity contribution >= 4 is 34.1 Å². The van der Waals surface area contributed by atoms with Crippen LogP contribution in [-0.4, -0.2) is 26.4 Å². The van der Waals surface area contributed by atoms with Crippen molar-refractivity contribution in [3.05, 3.63) is 34.7 Å². The molecule has 0 radical (unpaired) electrons. The SMILES string of the molecule is Clc1ncc(Cl)c(-c2nn3c4c(cccc24)OCC3)n1. The van der Waals surface area contributed by atoms with E-state index in [2.05, 4.69) is 15.1 Å². The van der Waals surface area contributed by atoms with Gasteiger partial charge in [-0.3, -0.25) is 4.68 Å². The van der Waals surface area contributed by atoms with E-state index in [9.17, 15) is 0 Å². The van der Waals surface area contributed by atoms with E-state index >= 15 is 0 Å². The van der Waals surface area contributed by atoms with E-state index in [1.54, 1.807) is 0 Å². The number of hydrogen-bond acceptors (Lipinski definition) is 4. The van der Waals surface area contributed by atoms with Crippen LogP contribution in [-0.2, 0) is 6.54 Å². The molecular formula is C13H8Cl2N4O. The lowest BCUT2D eigenvalue weighted by atomic mass is 10.1. The third-order valence-corrected chi connectivity index (χ3v) is 3.69. The first-order valence-corrected chi connectivity index (χ1v) is 6.80. The molecule has 20 heavy (non-hydrogen) atoms. The number of aromatic nitrogens is 4. The Morgan fingerprint density at radius 1 is 1.20 bits per heavy atom. The van der Waals surface area contributed by atoms with E-state index in [0.29, 0.717) is 29.6 Å². The van der Waals surface area contributed by atoms with E-state index in [1.807, 2.05) is 22.9 Å². The molecule has 3 aromatic rings. The first kappa shape index (κ1) is 11.9. The molecule has 4 rings (SSSR count). The first-order chi connectivity index (χ1) is 9.74. The Balaban J connectivity index is 2.07. The van der Waals surface area contributed by atoms with Gasteiger partial charge in [0, 0.05) is 5.39 Å². The molecule has 1 aromatic carbocycles. The van der Waals surface area contributed by atoms with Crippen LogP contribution in [0.4, 0.5) is 0 Å². The molecule has 7 heteroatoms. The molecular weight excluding hydrogens is 299 g/mol. The van der Waals surface area contributed by atoms with Gasteiger partial charge in [-0.1, -0.05) is 23.7 Å². The van der Waals surface area contributed by atoms with Crippen molar-refractivity contribution in [2.24, 2.45) is 0 Å². The van der Waals surface area contributed by atoms with Crippen LogP contribution in [0.25, 0.3) is 22.3 Å². The summed E-state index contributed by atoms with van der Waals surface area (Å²) in [5.41, 5.74) is 2.19. The van der Waals surface area contributed by atoms with E-state index in [1.165, 1.54) is 6.20 Å². The highest BCUT2D eigenvalue weighted by atomic mass is 35.5. The van der Waals surface area contributed by atoms with Gasteiger partial charge in [0.15, 0.2) is 0 Å². The molecule has 0 saturated carbocycles. The van der Waals surface area contributed by atoms with Crippen LogP contribution < -0.4 is 4.74 Å². The summed E-state index contributed by atoms with van der Waals surface area (Å²) >= 11 is 12.0. The topological polar surface area (TPSA) is 52.8 Å². The molecule has 0 bridgehead atoms. The molecule has 100 valence electrons. The van der Waals surface area contributed by atoms with Crippen LogP contribution in [0.5, 0.6) is 5.75 Å². The van der Waals surface area contributed by atoms with Gasteiger partial charge in [-0.2, -0.15) is 5.10 Å². The van der Waals surface area contributed by atoms with Gasteiger partial charge in [0.05, 0.1) is 17.8 Å². The van der Waals surface area contributed by atoms with E-state index < -0.39 is 0 Å². The lowest BCUT2D eigenvalue weighted by Crippen LogP contribution is -2.14. The summed E-state index contributed by atoms with van der Waals surface area (Å²) in [6.45, 7) is 1.30. The summed E-state index contributed by atoms with van der Waals surface area (Å²) < 4.78 is 7.56. The highest BCUT2D eigenvalue weighted by Crippen LogP contribution is 2.36. The predicted octanol–water partition coefficient (Wildman–Crippen LogP) is 3.19. The molecule has 0 fully saturated rings. The molecule has 0 spiro atoms. The van der Waals surface area contributed by atoms with E-state index in [0.717, 1.165) is 16.7 Å². The van der Waals surface area contributed by atoms with Crippen LogP contribution >= 0.6 is 23.2 Å². The molecule has 2 aromatic heterocycles. The smallest absolute Gasteiger partial charge is 0.223 e. The number of halogens is 2. The fourth-order valence-electron chi connectivity index (χ4n) is 2.41. The summed E-state index contributed by atoms with van der Waals surface area (Å²) in [7, 11) is 0. The molecule has 0 amide bonds. The van der Waals surface area contributed by atoms with Crippen molar-refractivity contribution in [3.63, 3.8) is 0 Å². The minimum Gasteiger partial charge on any atom is -0.489 e. The van der Waals surface area contributed by atoms with Crippen molar-refractivity contribution < 1.29 is 4.74 Å². The standard InChI is InChI=1S/C13H8Cl2N4O/c14-8-6-16-13(15)17-11(8)10-7-2-1-3-9-12(7)19(18-10)4-5-20-9/h1-3,6H,4-5H2. The quantitative estimate of drug-likeness (QED) is 0.648. The second-order valence-corrected chi connectivity index (χ2v) is 5.15. The molecule has 0 aliphatic carbocycles. The Morgan fingerprint density at radius 3 is 3.00 bits per heavy atom. The molecule has 0 saturated heterocycles. The van der Waals surface area contributed by atoms with Gasteiger partial charge in [-0.05, 0) is 17.7 Å². The van der Waals surface area contributed by atoms with E-state index in [4.69, 9.17) is 27.9 Å². The molecule has 5 nitrogen and oxygen atoms in total. The van der Waals surface area contributed by atoms with Crippen molar-refractivity contribution in [3.8, 4) is 17.1 Å². The van der Waals surface area contributed by atoms with Crippen LogP contribution in [0.2, 0.25) is 10.3 Å². The highest BCUT2D eigenvalue weighted by Gasteiger charge is 2.21. The molecule has 1 aliphatic heterocycles. The van der Waals surface area contributed by atoms with Gasteiger partial charge >= 0.3 is 0 Å². The molecule has 3 heterocycles. The van der Waals surface area contributed by atoms with Crippen molar-refractivity contribution in [2.45, 2.75) is 6.54 Å². The Kier molecular flexibility index (Phi) is 2.58. The maximum atomic E-state index is 6.17. The van der Waals surface area contributed by atoms with Gasteiger partial charge < -0.3 is 4.74 Å². The number of hydrogen-bond donors (Lipinski definition) is 0. The number of para-hydroxylation sites is 1. The van der Waals surface area contributed by atoms with Crippen LogP contribution in [0.1, 0.15) is 0 Å². The zero-order valence-electron chi connectivity index (χ0n) is 10.2. The lowest BCUT2D eigenvalue weighted by Gasteiger charge is -2.14. The normalized spacial score (nSPS) is 13.5. The largest absolute Gasteiger partial charge is 0.489 e. The Labute approximate surface area is 124 Å². The molecule has 0 atom stereocenters. The minimum absolute atomic E-state index is 0.148. The zero-order chi connectivity index (χ0) is 13.7. The third-order valence-electron chi connectivity index (χ3n) is 3.23. The zero-order valence-corrected chi connectivity index (χ0v) is 11.7. The second kappa shape index (κ2) is 4.33. The highest BCUT2D eigenvalue weighted by molar-refractivity contribution is 6.34. The van der Waals surface area contributed by atoms with Crippen LogP contribution in [0.3, 0.4) is 0 Å². The van der Waals surface area contributed by atoms with Gasteiger partial charge in [-0.15, -0.1) is 0 Å². The summed E-state index contributed by atoms with van der Waals surface area (Å²) in [6.07, 6.45) is 1.48. The summed E-state index contributed by atoms with van der Waals surface area (Å²) in [5, 5.41) is 6.11. The maximum absolute atomic E-state index is 6.17. The van der Waals surface area contributed by atoms with Crippen molar-refractivity contribution in [2.75, 3.05) is 6.61 Å². The third kappa shape index (κ3) is 1.67. The Bertz CT molecular complexity index is 831. The molecule has 1 aliphatic rings. The lowest BCUT2D eigenvalue weighted by molar-refractivity contribution is 0.278. The Hall–Kier alpha value is -1.85. The van der Waals surface area contributed by atoms with Crippen molar-refractivity contribution in [1.29, 1.82) is 0 Å². The number of rotatable bonds is 1. The Morgan fingerprint density at radius 2 is 2.10 bits per heavy atom. The summed E-state index contributed by atoms with van der Waals surface area (Å²) in [5.74, 6) is 0.823. The summed E-state index contributed by atoms with van der Waals surface area (Å²) in [4.78, 5) is 8.06. The van der Waals surface area contributed by atoms with Gasteiger partial charge in [-0.25, -0.2) is 9.97 Å². The number of nitrogens with zero attached hydrogens (tertiary/aromatic N) is 4. The van der Waals surface area contributed by atoms with Gasteiger partial charge in [0.25, 0.3) is 0 Å². The van der Waals surface area contributed by atoms with Crippen LogP contribution in [0, 0.1) is 0 Å². The van der Waals surface area contributed by atoms with Crippen molar-refractivity contribution in [1.82, 2.24) is 19.7 Å². The summed E-state index contributed by atoms with van der Waals surface area (Å²) in [6, 6.07) is 5.83. The second-order valence-electron chi connectivity index (χ2n) is 4.41. The average molecular weight is 307 g/mol. The first-order valence-electron chi connectivity index (χ1n) is 6.05. The number of ether oxygens (including phenoxy) is 1. The fraction of sp³-hybridized carbons (Fsp3) is 0.154. The van der Waals surface area contributed by atoms with Crippen LogP contribution in [0.15, 0.2) is 24.4 Å². The molecule has 0 N–H and O–H groups in total. The average Bonchev–Trinajstić information content (AvgIpc) is 2.83. The monoisotopic (exact) mass is 306 g/mol. The van der Waals surface area contributed by atoms with Gasteiger partial charge in [0.1, 0.15) is 29.3 Å².